The zero-order valence-electron chi connectivity index (χ0n) is 13.1. The van der Waals surface area contributed by atoms with Gasteiger partial charge in [-0.05, 0) is 30.2 Å². The summed E-state index contributed by atoms with van der Waals surface area (Å²) in [5.41, 5.74) is 7.20. The second-order valence-electron chi connectivity index (χ2n) is 5.19. The van der Waals surface area contributed by atoms with Gasteiger partial charge in [0.25, 0.3) is 5.91 Å². The fraction of sp³-hybridized carbons (Fsp3) is 0.222. The molecule has 2 N–H and O–H groups in total. The zero-order valence-corrected chi connectivity index (χ0v) is 14.7. The summed E-state index contributed by atoms with van der Waals surface area (Å²) >= 11 is 7.38. The van der Waals surface area contributed by atoms with Crippen LogP contribution in [0.5, 0.6) is 0 Å². The Morgan fingerprint density at radius 3 is 2.25 bits per heavy atom. The molecule has 2 rings (SSSR count). The fourth-order valence-electron chi connectivity index (χ4n) is 2.09. The second-order valence-corrected chi connectivity index (χ2v) is 6.72. The van der Waals surface area contributed by atoms with Crippen molar-refractivity contribution < 1.29 is 14.3 Å². The lowest BCUT2D eigenvalue weighted by Crippen LogP contribution is -2.31. The van der Waals surface area contributed by atoms with Crippen molar-refractivity contribution in [3.8, 4) is 0 Å². The number of carbonyl (C=O) groups excluding carboxylic acids is 2. The van der Waals surface area contributed by atoms with E-state index in [9.17, 15) is 9.59 Å². The van der Waals surface area contributed by atoms with Crippen LogP contribution < -0.4 is 5.73 Å². The lowest BCUT2D eigenvalue weighted by Gasteiger charge is -2.18. The van der Waals surface area contributed by atoms with Crippen LogP contribution in [0.1, 0.15) is 23.3 Å². The molecule has 0 aliphatic rings. The van der Waals surface area contributed by atoms with E-state index in [2.05, 4.69) is 0 Å². The molecule has 0 heterocycles. The average Bonchev–Trinajstić information content (AvgIpc) is 2.57. The van der Waals surface area contributed by atoms with Gasteiger partial charge in [0, 0.05) is 5.02 Å². The number of halogens is 1. The number of hydrogen-bond donors (Lipinski definition) is 1. The molecule has 0 aromatic heterocycles. The van der Waals surface area contributed by atoms with Gasteiger partial charge in [0.1, 0.15) is 0 Å². The van der Waals surface area contributed by atoms with Crippen LogP contribution in [0.25, 0.3) is 0 Å². The van der Waals surface area contributed by atoms with E-state index in [0.29, 0.717) is 5.02 Å². The van der Waals surface area contributed by atoms with Crippen molar-refractivity contribution in [2.24, 2.45) is 5.73 Å². The molecule has 6 heteroatoms. The third kappa shape index (κ3) is 5.28. The number of esters is 1. The Labute approximate surface area is 150 Å². The molecule has 0 aliphatic heterocycles. The Morgan fingerprint density at radius 2 is 1.67 bits per heavy atom. The smallest absolute Gasteiger partial charge is 0.316 e. The van der Waals surface area contributed by atoms with Crippen molar-refractivity contribution in [1.82, 2.24) is 0 Å². The van der Waals surface area contributed by atoms with E-state index in [-0.39, 0.29) is 11.0 Å². The van der Waals surface area contributed by atoms with Crippen molar-refractivity contribution >= 4 is 35.2 Å². The molecule has 0 radical (unpaired) electrons. The highest BCUT2D eigenvalue weighted by Crippen LogP contribution is 2.36. The zero-order chi connectivity index (χ0) is 17.5. The van der Waals surface area contributed by atoms with E-state index in [1.165, 1.54) is 18.7 Å². The van der Waals surface area contributed by atoms with Crippen molar-refractivity contribution in [3.63, 3.8) is 0 Å². The van der Waals surface area contributed by atoms with Gasteiger partial charge in [-0.2, -0.15) is 0 Å². The van der Waals surface area contributed by atoms with Gasteiger partial charge in [0.05, 0.1) is 11.0 Å². The van der Waals surface area contributed by atoms with E-state index in [4.69, 9.17) is 22.1 Å². The molecule has 0 aliphatic carbocycles. The molecule has 0 saturated carbocycles. The third-order valence-corrected chi connectivity index (χ3v) is 4.88. The number of nitrogens with two attached hydrogens (primary N) is 1. The van der Waals surface area contributed by atoms with E-state index in [1.54, 1.807) is 0 Å². The summed E-state index contributed by atoms with van der Waals surface area (Å²) in [5.74, 6) is -1.02. The standard InChI is InChI=1S/C18H18ClNO3S/c1-12(18(20)22)23-16(21)11-24-17(13-5-3-2-4-6-13)14-7-9-15(19)10-8-14/h2-10,12,17H,11H2,1H3,(H2,20,22)/t12-,17+/m1/s1. The summed E-state index contributed by atoms with van der Waals surface area (Å²) in [7, 11) is 0. The van der Waals surface area contributed by atoms with Gasteiger partial charge in [-0.1, -0.05) is 54.1 Å². The summed E-state index contributed by atoms with van der Waals surface area (Å²) in [5, 5.41) is 0.616. The summed E-state index contributed by atoms with van der Waals surface area (Å²) in [6.07, 6.45) is -0.927. The molecule has 0 bridgehead atoms. The Hall–Kier alpha value is -1.98. The summed E-state index contributed by atoms with van der Waals surface area (Å²) in [4.78, 5) is 22.9. The molecule has 0 unspecified atom stereocenters. The van der Waals surface area contributed by atoms with Crippen LogP contribution in [0.4, 0.5) is 0 Å². The van der Waals surface area contributed by atoms with E-state index >= 15 is 0 Å². The molecule has 2 aromatic rings. The maximum Gasteiger partial charge on any atom is 0.316 e. The Kier molecular flexibility index (Phi) is 6.70. The lowest BCUT2D eigenvalue weighted by atomic mass is 10.0. The molecular weight excluding hydrogens is 346 g/mol. The van der Waals surface area contributed by atoms with Gasteiger partial charge in [-0.15, -0.1) is 11.8 Å². The molecule has 2 aromatic carbocycles. The van der Waals surface area contributed by atoms with Gasteiger partial charge >= 0.3 is 5.97 Å². The van der Waals surface area contributed by atoms with Crippen molar-refractivity contribution in [1.29, 1.82) is 0 Å². The molecule has 2 atom stereocenters. The van der Waals surface area contributed by atoms with Crippen LogP contribution in [0.15, 0.2) is 54.6 Å². The van der Waals surface area contributed by atoms with E-state index in [1.807, 2.05) is 54.6 Å². The monoisotopic (exact) mass is 363 g/mol. The maximum absolute atomic E-state index is 11.9. The second kappa shape index (κ2) is 8.76. The third-order valence-electron chi connectivity index (χ3n) is 3.35. The van der Waals surface area contributed by atoms with Crippen LogP contribution in [0.3, 0.4) is 0 Å². The summed E-state index contributed by atoms with van der Waals surface area (Å²) < 4.78 is 5.00. The van der Waals surface area contributed by atoms with Gasteiger partial charge < -0.3 is 10.5 Å². The molecule has 24 heavy (non-hydrogen) atoms. The molecule has 4 nitrogen and oxygen atoms in total. The SMILES string of the molecule is C[C@@H](OC(=O)CS[C@@H](c1ccccc1)c1ccc(Cl)cc1)C(N)=O. The van der Waals surface area contributed by atoms with E-state index in [0.717, 1.165) is 11.1 Å². The van der Waals surface area contributed by atoms with Crippen molar-refractivity contribution in [2.75, 3.05) is 5.75 Å². The number of hydrogen-bond acceptors (Lipinski definition) is 4. The predicted molar refractivity (Wildman–Crippen MR) is 96.9 cm³/mol. The molecule has 0 saturated heterocycles. The number of ether oxygens (including phenoxy) is 1. The number of thioether (sulfide) groups is 1. The predicted octanol–water partition coefficient (Wildman–Crippen LogP) is 3.58. The maximum atomic E-state index is 11.9. The minimum absolute atomic E-state index is 0.0418. The molecule has 0 fully saturated rings. The van der Waals surface area contributed by atoms with Crippen LogP contribution in [-0.4, -0.2) is 23.7 Å². The number of benzene rings is 2. The van der Waals surface area contributed by atoms with Crippen molar-refractivity contribution in [3.05, 3.63) is 70.7 Å². The first kappa shape index (κ1) is 18.4. The topological polar surface area (TPSA) is 69.4 Å². The van der Waals surface area contributed by atoms with Crippen LogP contribution >= 0.6 is 23.4 Å². The highest BCUT2D eigenvalue weighted by atomic mass is 35.5. The normalized spacial score (nSPS) is 13.1. The minimum Gasteiger partial charge on any atom is -0.452 e. The first-order valence-electron chi connectivity index (χ1n) is 7.38. The van der Waals surface area contributed by atoms with Crippen LogP contribution in [0.2, 0.25) is 5.02 Å². The molecular formula is C18H18ClNO3S. The highest BCUT2D eigenvalue weighted by Gasteiger charge is 2.19. The number of amides is 1. The highest BCUT2D eigenvalue weighted by molar-refractivity contribution is 8.00. The largest absolute Gasteiger partial charge is 0.452 e. The van der Waals surface area contributed by atoms with Crippen molar-refractivity contribution in [2.45, 2.75) is 18.3 Å². The summed E-state index contributed by atoms with van der Waals surface area (Å²) in [6, 6.07) is 17.4. The molecule has 1 amide bonds. The van der Waals surface area contributed by atoms with Gasteiger partial charge in [0.2, 0.25) is 0 Å². The number of primary amides is 1. The minimum atomic E-state index is -0.927. The van der Waals surface area contributed by atoms with Gasteiger partial charge in [-0.3, -0.25) is 9.59 Å². The molecule has 126 valence electrons. The number of carbonyl (C=O) groups is 2. The first-order valence-corrected chi connectivity index (χ1v) is 8.81. The summed E-state index contributed by atoms with van der Waals surface area (Å²) in [6.45, 7) is 1.46. The van der Waals surface area contributed by atoms with Crippen LogP contribution in [-0.2, 0) is 14.3 Å². The lowest BCUT2D eigenvalue weighted by molar-refractivity contribution is -0.151. The van der Waals surface area contributed by atoms with Crippen LogP contribution in [0, 0.1) is 0 Å². The van der Waals surface area contributed by atoms with E-state index < -0.39 is 18.0 Å². The Morgan fingerprint density at radius 1 is 1.08 bits per heavy atom. The first-order chi connectivity index (χ1) is 11.5. The molecule has 0 spiro atoms. The Bertz CT molecular complexity index is 691. The van der Waals surface area contributed by atoms with Gasteiger partial charge in [0.15, 0.2) is 6.10 Å². The number of rotatable bonds is 7. The Balaban J connectivity index is 2.11. The quantitative estimate of drug-likeness (QED) is 0.763. The fourth-order valence-corrected chi connectivity index (χ4v) is 3.29. The van der Waals surface area contributed by atoms with Gasteiger partial charge in [-0.25, -0.2) is 0 Å². The average molecular weight is 364 g/mol.